The van der Waals surface area contributed by atoms with Gasteiger partial charge in [-0.3, -0.25) is 0 Å². The summed E-state index contributed by atoms with van der Waals surface area (Å²) >= 11 is 0. The Bertz CT molecular complexity index is 104. The molecule has 0 bridgehead atoms. The molecule has 1 atom stereocenters. The van der Waals surface area contributed by atoms with E-state index in [9.17, 15) is 9.90 Å². The Morgan fingerprint density at radius 3 is 2.60 bits per heavy atom. The van der Waals surface area contributed by atoms with Crippen LogP contribution in [0.25, 0.3) is 0 Å². The first-order valence-corrected chi connectivity index (χ1v) is 3.65. The molecule has 0 radical (unpaired) electrons. The predicted octanol–water partition coefficient (Wildman–Crippen LogP) is -0.356. The number of carboxylic acid groups (broad SMARTS) is 1. The van der Waals surface area contributed by atoms with Crippen molar-refractivity contribution in [1.82, 2.24) is 0 Å². The number of rotatable bonds is 5. The molecule has 10 heavy (non-hydrogen) atoms. The zero-order chi connectivity index (χ0) is 7.98. The molecule has 0 saturated heterocycles. The zero-order valence-corrected chi connectivity index (χ0v) is 6.30. The van der Waals surface area contributed by atoms with Gasteiger partial charge in [-0.25, -0.2) is 0 Å². The van der Waals surface area contributed by atoms with Gasteiger partial charge in [0.2, 0.25) is 0 Å². The molecule has 0 aliphatic heterocycles. The number of carbonyl (C=O) groups is 1. The molecule has 3 nitrogen and oxygen atoms in total. The number of aliphatic carboxylic acids is 1. The fourth-order valence-corrected chi connectivity index (χ4v) is 0.732. The number of hydrogen-bond acceptors (Lipinski definition) is 3. The van der Waals surface area contributed by atoms with Crippen LogP contribution in [0.4, 0.5) is 0 Å². The molecule has 0 heterocycles. The molecular weight excluding hydrogens is 130 g/mol. The van der Waals surface area contributed by atoms with Crippen molar-refractivity contribution in [3.8, 4) is 0 Å². The van der Waals surface area contributed by atoms with Crippen LogP contribution >= 0.6 is 0 Å². The molecule has 0 aliphatic rings. The van der Waals surface area contributed by atoms with Gasteiger partial charge in [-0.05, 0) is 6.42 Å². The summed E-state index contributed by atoms with van der Waals surface area (Å²) in [5.41, 5.74) is 5.20. The molecule has 60 valence electrons. The number of carboxylic acids is 1. The maximum absolute atomic E-state index is 10.1. The molecule has 0 aromatic heterocycles. The van der Waals surface area contributed by atoms with Gasteiger partial charge >= 0.3 is 0 Å². The van der Waals surface area contributed by atoms with Crippen LogP contribution < -0.4 is 10.8 Å². The van der Waals surface area contributed by atoms with Crippen LogP contribution in [0.5, 0.6) is 0 Å². The molecule has 0 aromatic carbocycles. The van der Waals surface area contributed by atoms with E-state index in [1.807, 2.05) is 0 Å². The average molecular weight is 144 g/mol. The Hall–Kier alpha value is -0.570. The predicted molar refractivity (Wildman–Crippen MR) is 37.1 cm³/mol. The van der Waals surface area contributed by atoms with E-state index in [2.05, 4.69) is 6.92 Å². The van der Waals surface area contributed by atoms with Gasteiger partial charge in [0.1, 0.15) is 0 Å². The van der Waals surface area contributed by atoms with Gasteiger partial charge in [0.15, 0.2) is 0 Å². The lowest BCUT2D eigenvalue weighted by atomic mass is 10.1. The summed E-state index contributed by atoms with van der Waals surface area (Å²) in [7, 11) is 0. The lowest BCUT2D eigenvalue weighted by Crippen LogP contribution is -2.41. The van der Waals surface area contributed by atoms with Crippen LogP contribution in [0.3, 0.4) is 0 Å². The third kappa shape index (κ3) is 4.32. The molecule has 0 fully saturated rings. The SMILES string of the molecule is CCCCCC(N)C(=O)[O-]. The smallest absolute Gasteiger partial charge is 0.0582 e. The second kappa shape index (κ2) is 5.23. The van der Waals surface area contributed by atoms with Gasteiger partial charge in [0.05, 0.1) is 5.97 Å². The minimum Gasteiger partial charge on any atom is -0.548 e. The Morgan fingerprint density at radius 1 is 1.60 bits per heavy atom. The molecule has 2 N–H and O–H groups in total. The van der Waals surface area contributed by atoms with Crippen molar-refractivity contribution in [3.63, 3.8) is 0 Å². The topological polar surface area (TPSA) is 66.2 Å². The third-order valence-electron chi connectivity index (χ3n) is 1.42. The van der Waals surface area contributed by atoms with E-state index >= 15 is 0 Å². The lowest BCUT2D eigenvalue weighted by molar-refractivity contribution is -0.307. The second-order valence-corrected chi connectivity index (χ2v) is 2.42. The first-order valence-electron chi connectivity index (χ1n) is 3.65. The number of unbranched alkanes of at least 4 members (excludes halogenated alkanes) is 2. The summed E-state index contributed by atoms with van der Waals surface area (Å²) in [4.78, 5) is 10.1. The molecule has 0 amide bonds. The van der Waals surface area contributed by atoms with Gasteiger partial charge in [0, 0.05) is 6.04 Å². The third-order valence-corrected chi connectivity index (χ3v) is 1.42. The summed E-state index contributed by atoms with van der Waals surface area (Å²) in [6, 6.07) is -0.772. The highest BCUT2D eigenvalue weighted by molar-refractivity contribution is 5.70. The maximum Gasteiger partial charge on any atom is 0.0582 e. The summed E-state index contributed by atoms with van der Waals surface area (Å²) in [5.74, 6) is -1.14. The summed E-state index contributed by atoms with van der Waals surface area (Å²) in [6.07, 6.45) is 3.54. The van der Waals surface area contributed by atoms with Crippen LogP contribution in [0.15, 0.2) is 0 Å². The maximum atomic E-state index is 10.1. The Labute approximate surface area is 61.2 Å². The van der Waals surface area contributed by atoms with Crippen LogP contribution in [-0.4, -0.2) is 12.0 Å². The Kier molecular flexibility index (Phi) is 4.94. The summed E-state index contributed by atoms with van der Waals surface area (Å²) in [5, 5.41) is 10.1. The van der Waals surface area contributed by atoms with Gasteiger partial charge in [-0.1, -0.05) is 26.2 Å². The van der Waals surface area contributed by atoms with E-state index in [1.165, 1.54) is 0 Å². The normalized spacial score (nSPS) is 13.0. The number of hydrogen-bond donors (Lipinski definition) is 1. The molecule has 0 aromatic rings. The van der Waals surface area contributed by atoms with Gasteiger partial charge in [-0.2, -0.15) is 0 Å². The number of carbonyl (C=O) groups excluding carboxylic acids is 1. The fraction of sp³-hybridized carbons (Fsp3) is 0.857. The van der Waals surface area contributed by atoms with Crippen molar-refractivity contribution >= 4 is 5.97 Å². The first kappa shape index (κ1) is 9.43. The minimum absolute atomic E-state index is 0.538. The van der Waals surface area contributed by atoms with Crippen LogP contribution in [0.2, 0.25) is 0 Å². The minimum atomic E-state index is -1.14. The van der Waals surface area contributed by atoms with Crippen molar-refractivity contribution in [2.45, 2.75) is 38.6 Å². The Morgan fingerprint density at radius 2 is 2.20 bits per heavy atom. The standard InChI is InChI=1S/C7H15NO2/c1-2-3-4-5-6(8)7(9)10/h6H,2-5,8H2,1H3,(H,9,10)/p-1. The summed E-state index contributed by atoms with van der Waals surface area (Å²) in [6.45, 7) is 2.06. The molecule has 0 spiro atoms. The van der Waals surface area contributed by atoms with Gasteiger partial charge in [-0.15, -0.1) is 0 Å². The van der Waals surface area contributed by atoms with Gasteiger partial charge < -0.3 is 15.6 Å². The van der Waals surface area contributed by atoms with Gasteiger partial charge in [0.25, 0.3) is 0 Å². The van der Waals surface area contributed by atoms with Crippen molar-refractivity contribution < 1.29 is 9.90 Å². The molecule has 3 heteroatoms. The molecular formula is C7H14NO2-. The van der Waals surface area contributed by atoms with Crippen molar-refractivity contribution in [3.05, 3.63) is 0 Å². The van der Waals surface area contributed by atoms with Crippen LogP contribution in [-0.2, 0) is 4.79 Å². The van der Waals surface area contributed by atoms with E-state index in [1.54, 1.807) is 0 Å². The highest BCUT2D eigenvalue weighted by atomic mass is 16.4. The lowest BCUT2D eigenvalue weighted by Gasteiger charge is -2.10. The largest absolute Gasteiger partial charge is 0.548 e. The molecule has 0 aliphatic carbocycles. The van der Waals surface area contributed by atoms with E-state index in [0.29, 0.717) is 6.42 Å². The average Bonchev–Trinajstić information content (AvgIpc) is 1.88. The first-order chi connectivity index (χ1) is 4.68. The monoisotopic (exact) mass is 144 g/mol. The Balaban J connectivity index is 3.21. The zero-order valence-electron chi connectivity index (χ0n) is 6.30. The number of nitrogens with two attached hydrogens (primary N) is 1. The summed E-state index contributed by atoms with van der Waals surface area (Å²) < 4.78 is 0. The highest BCUT2D eigenvalue weighted by Crippen LogP contribution is 2.00. The molecule has 0 saturated carbocycles. The molecule has 1 unspecified atom stereocenters. The van der Waals surface area contributed by atoms with Crippen molar-refractivity contribution in [2.24, 2.45) is 5.73 Å². The van der Waals surface area contributed by atoms with E-state index in [4.69, 9.17) is 5.73 Å². The van der Waals surface area contributed by atoms with E-state index in [0.717, 1.165) is 19.3 Å². The quantitative estimate of drug-likeness (QED) is 0.536. The van der Waals surface area contributed by atoms with E-state index < -0.39 is 12.0 Å². The van der Waals surface area contributed by atoms with Crippen LogP contribution in [0.1, 0.15) is 32.6 Å². The van der Waals surface area contributed by atoms with Crippen molar-refractivity contribution in [1.29, 1.82) is 0 Å². The van der Waals surface area contributed by atoms with Crippen molar-refractivity contribution in [2.75, 3.05) is 0 Å². The fourth-order valence-electron chi connectivity index (χ4n) is 0.732. The second-order valence-electron chi connectivity index (χ2n) is 2.42. The van der Waals surface area contributed by atoms with Crippen LogP contribution in [0, 0.1) is 0 Å². The highest BCUT2D eigenvalue weighted by Gasteiger charge is 2.00. The van der Waals surface area contributed by atoms with E-state index in [-0.39, 0.29) is 0 Å². The molecule has 0 rings (SSSR count).